The van der Waals surface area contributed by atoms with E-state index in [-0.39, 0.29) is 0 Å². The predicted octanol–water partition coefficient (Wildman–Crippen LogP) is 4.23. The lowest BCUT2D eigenvalue weighted by Crippen LogP contribution is -1.80. The number of rotatable bonds is 8. The highest BCUT2D eigenvalue weighted by Crippen LogP contribution is 2.07. The Morgan fingerprint density at radius 2 is 1.18 bits per heavy atom. The van der Waals surface area contributed by atoms with E-state index in [2.05, 4.69) is 20.3 Å². The maximum absolute atomic E-state index is 3.46. The van der Waals surface area contributed by atoms with Crippen LogP contribution >= 0.6 is 0 Å². The summed E-state index contributed by atoms with van der Waals surface area (Å²) in [6.45, 7) is 4.49. The van der Waals surface area contributed by atoms with Gasteiger partial charge >= 0.3 is 0 Å². The molecule has 2 radical (unpaired) electrons. The molecule has 11 heavy (non-hydrogen) atoms. The first-order valence-electron chi connectivity index (χ1n) is 5.12. The Kier molecular flexibility index (Phi) is 10.0. The summed E-state index contributed by atoms with van der Waals surface area (Å²) in [5.41, 5.74) is 0. The Labute approximate surface area is 72.4 Å². The zero-order valence-electron chi connectivity index (χ0n) is 8.16. The lowest BCUT2D eigenvalue weighted by molar-refractivity contribution is 0.654. The van der Waals surface area contributed by atoms with Crippen molar-refractivity contribution in [3.63, 3.8) is 0 Å². The molecular formula is C11H22. The van der Waals surface area contributed by atoms with Gasteiger partial charge in [0.15, 0.2) is 0 Å². The van der Waals surface area contributed by atoms with Crippen molar-refractivity contribution >= 4 is 0 Å². The van der Waals surface area contributed by atoms with E-state index in [0.29, 0.717) is 0 Å². The molecule has 0 spiro atoms. The van der Waals surface area contributed by atoms with Crippen molar-refractivity contribution in [3.8, 4) is 0 Å². The molecule has 0 unspecified atom stereocenters. The van der Waals surface area contributed by atoms with Crippen molar-refractivity contribution in [2.45, 2.75) is 65.2 Å². The van der Waals surface area contributed by atoms with Crippen LogP contribution in [0.2, 0.25) is 0 Å². The minimum atomic E-state index is 1.22. The smallest absolute Gasteiger partial charge is 0.0173 e. The van der Waals surface area contributed by atoms with Crippen LogP contribution in [0.15, 0.2) is 0 Å². The van der Waals surface area contributed by atoms with Crippen molar-refractivity contribution < 1.29 is 0 Å². The third-order valence-electron chi connectivity index (χ3n) is 1.91. The van der Waals surface area contributed by atoms with E-state index in [1.165, 1.54) is 51.4 Å². The fourth-order valence-corrected chi connectivity index (χ4v) is 1.12. The average Bonchev–Trinajstić information content (AvgIpc) is 2.03. The van der Waals surface area contributed by atoms with E-state index < -0.39 is 0 Å². The van der Waals surface area contributed by atoms with Gasteiger partial charge in [-0.1, -0.05) is 52.4 Å². The van der Waals surface area contributed by atoms with Gasteiger partial charge < -0.3 is 0 Å². The molecule has 0 saturated carbocycles. The summed E-state index contributed by atoms with van der Waals surface area (Å²) in [6.07, 6.45) is 14.0. The highest BCUT2D eigenvalue weighted by Gasteiger charge is 1.89. The first-order valence-corrected chi connectivity index (χ1v) is 5.12. The van der Waals surface area contributed by atoms with E-state index in [1.807, 2.05) is 0 Å². The van der Waals surface area contributed by atoms with Gasteiger partial charge in [0.05, 0.1) is 0 Å². The van der Waals surface area contributed by atoms with Crippen LogP contribution in [0.4, 0.5) is 0 Å². The number of unbranched alkanes of at least 4 members (excludes halogenated alkanes) is 8. The molecule has 0 heteroatoms. The molecule has 66 valence electrons. The molecule has 0 aromatic carbocycles. The van der Waals surface area contributed by atoms with Crippen LogP contribution < -0.4 is 0 Å². The second-order valence-electron chi connectivity index (χ2n) is 3.16. The van der Waals surface area contributed by atoms with Gasteiger partial charge in [0.25, 0.3) is 0 Å². The molecule has 0 bridgehead atoms. The van der Waals surface area contributed by atoms with E-state index in [1.54, 1.807) is 0 Å². The molecule has 0 aliphatic heterocycles. The summed E-state index contributed by atoms with van der Waals surface area (Å²) >= 11 is 0. The molecule has 0 heterocycles. The molecule has 0 atom stereocenters. The van der Waals surface area contributed by atoms with Gasteiger partial charge in [-0.05, 0) is 19.3 Å². The van der Waals surface area contributed by atoms with E-state index in [9.17, 15) is 0 Å². The summed E-state index contributed by atoms with van der Waals surface area (Å²) in [6, 6.07) is 0. The molecule has 0 saturated heterocycles. The fourth-order valence-electron chi connectivity index (χ4n) is 1.12. The molecule has 0 N–H and O–H groups in total. The zero-order chi connectivity index (χ0) is 8.36. The summed E-state index contributed by atoms with van der Waals surface area (Å²) in [7, 11) is 0. The van der Waals surface area contributed by atoms with E-state index >= 15 is 0 Å². The molecule has 0 aliphatic carbocycles. The highest BCUT2D eigenvalue weighted by molar-refractivity contribution is 4.63. The SMILES string of the molecule is CCCCC[C]CCCCC. The topological polar surface area (TPSA) is 0 Å². The minimum Gasteiger partial charge on any atom is -0.0654 e. The Morgan fingerprint density at radius 3 is 1.55 bits per heavy atom. The van der Waals surface area contributed by atoms with Crippen molar-refractivity contribution in [2.24, 2.45) is 0 Å². The summed E-state index contributed by atoms with van der Waals surface area (Å²) in [5, 5.41) is 0. The van der Waals surface area contributed by atoms with Gasteiger partial charge in [0, 0.05) is 0 Å². The second-order valence-corrected chi connectivity index (χ2v) is 3.16. The van der Waals surface area contributed by atoms with Gasteiger partial charge in [-0.3, -0.25) is 0 Å². The van der Waals surface area contributed by atoms with Crippen LogP contribution in [-0.2, 0) is 0 Å². The van der Waals surface area contributed by atoms with Crippen molar-refractivity contribution in [2.75, 3.05) is 0 Å². The lowest BCUT2D eigenvalue weighted by Gasteiger charge is -1.98. The van der Waals surface area contributed by atoms with Crippen LogP contribution in [-0.4, -0.2) is 0 Å². The van der Waals surface area contributed by atoms with Crippen LogP contribution in [0.1, 0.15) is 65.2 Å². The Hall–Kier alpha value is 0. The van der Waals surface area contributed by atoms with E-state index in [0.717, 1.165) is 0 Å². The molecular weight excluding hydrogens is 132 g/mol. The van der Waals surface area contributed by atoms with Gasteiger partial charge in [0.2, 0.25) is 0 Å². The maximum Gasteiger partial charge on any atom is -0.0173 e. The minimum absolute atomic E-state index is 1.22. The van der Waals surface area contributed by atoms with Gasteiger partial charge in [-0.15, -0.1) is 0 Å². The summed E-state index contributed by atoms with van der Waals surface area (Å²) < 4.78 is 0. The summed E-state index contributed by atoms with van der Waals surface area (Å²) in [4.78, 5) is 0. The molecule has 0 fully saturated rings. The molecule has 0 aliphatic rings. The molecule has 0 nitrogen and oxygen atoms in total. The Balaban J connectivity index is 2.69. The standard InChI is InChI=1S/C11H22/c1-3-5-7-9-11-10-8-6-4-2/h3-10H2,1-2H3. The maximum atomic E-state index is 3.46. The largest absolute Gasteiger partial charge is 0.0654 e. The monoisotopic (exact) mass is 154 g/mol. The highest BCUT2D eigenvalue weighted by atomic mass is 13.9. The molecule has 0 aromatic heterocycles. The van der Waals surface area contributed by atoms with Crippen LogP contribution in [0.3, 0.4) is 0 Å². The van der Waals surface area contributed by atoms with Crippen molar-refractivity contribution in [1.29, 1.82) is 0 Å². The average molecular weight is 154 g/mol. The third kappa shape index (κ3) is 10.0. The van der Waals surface area contributed by atoms with Gasteiger partial charge in [-0.2, -0.15) is 0 Å². The molecule has 0 rings (SSSR count). The van der Waals surface area contributed by atoms with Crippen LogP contribution in [0.25, 0.3) is 0 Å². The van der Waals surface area contributed by atoms with Crippen LogP contribution in [0.5, 0.6) is 0 Å². The normalized spacial score (nSPS) is 10.4. The lowest BCUT2D eigenvalue weighted by atomic mass is 10.1. The third-order valence-corrected chi connectivity index (χ3v) is 1.91. The van der Waals surface area contributed by atoms with Crippen LogP contribution in [0, 0.1) is 6.42 Å². The van der Waals surface area contributed by atoms with Crippen molar-refractivity contribution in [1.82, 2.24) is 0 Å². The van der Waals surface area contributed by atoms with E-state index in [4.69, 9.17) is 0 Å². The molecule has 0 amide bonds. The fraction of sp³-hybridized carbons (Fsp3) is 0.909. The Bertz CT molecular complexity index is 49.1. The quantitative estimate of drug-likeness (QED) is 0.459. The number of hydrogen-bond donors (Lipinski definition) is 0. The Morgan fingerprint density at radius 1 is 0.727 bits per heavy atom. The second kappa shape index (κ2) is 10.0. The van der Waals surface area contributed by atoms with Gasteiger partial charge in [0.1, 0.15) is 0 Å². The molecule has 0 aromatic rings. The number of hydrogen-bond acceptors (Lipinski definition) is 0. The van der Waals surface area contributed by atoms with Gasteiger partial charge in [-0.25, -0.2) is 0 Å². The first-order chi connectivity index (χ1) is 5.41. The summed E-state index contributed by atoms with van der Waals surface area (Å²) in [5.74, 6) is 0. The first kappa shape index (κ1) is 11.0. The predicted molar refractivity (Wildman–Crippen MR) is 51.5 cm³/mol. The van der Waals surface area contributed by atoms with Crippen molar-refractivity contribution in [3.05, 3.63) is 6.42 Å². The zero-order valence-corrected chi connectivity index (χ0v) is 8.16.